The molecule has 182 valence electrons. The summed E-state index contributed by atoms with van der Waals surface area (Å²) >= 11 is 0. The fourth-order valence-electron chi connectivity index (χ4n) is 4.92. The highest BCUT2D eigenvalue weighted by atomic mass is 16.5. The Balaban J connectivity index is 1.51. The van der Waals surface area contributed by atoms with E-state index in [1.807, 2.05) is 61.2 Å². The van der Waals surface area contributed by atoms with Gasteiger partial charge in [0.2, 0.25) is 5.91 Å². The summed E-state index contributed by atoms with van der Waals surface area (Å²) in [6.45, 7) is 5.57. The molecule has 2 aliphatic heterocycles. The summed E-state index contributed by atoms with van der Waals surface area (Å²) in [5.74, 6) is 0.631. The number of benzene rings is 2. The molecule has 35 heavy (non-hydrogen) atoms. The first-order chi connectivity index (χ1) is 16.9. The topological polar surface area (TPSA) is 114 Å². The molecule has 3 aromatic rings. The second-order valence-electron chi connectivity index (χ2n) is 8.82. The van der Waals surface area contributed by atoms with Crippen LogP contribution < -0.4 is 20.3 Å². The molecule has 1 unspecified atom stereocenters. The summed E-state index contributed by atoms with van der Waals surface area (Å²) in [6.07, 6.45) is 0.650. The van der Waals surface area contributed by atoms with Gasteiger partial charge in [0.15, 0.2) is 0 Å². The lowest BCUT2D eigenvalue weighted by atomic mass is 10.0. The molecule has 1 aromatic heterocycles. The van der Waals surface area contributed by atoms with Gasteiger partial charge in [0.1, 0.15) is 23.4 Å². The first kappa shape index (κ1) is 23.1. The van der Waals surface area contributed by atoms with Gasteiger partial charge in [-0.25, -0.2) is 4.68 Å². The van der Waals surface area contributed by atoms with Gasteiger partial charge < -0.3 is 25.4 Å². The predicted octanol–water partition coefficient (Wildman–Crippen LogP) is 2.86. The van der Waals surface area contributed by atoms with Crippen molar-refractivity contribution < 1.29 is 19.4 Å². The van der Waals surface area contributed by atoms with Gasteiger partial charge in [-0.05, 0) is 74.7 Å². The minimum Gasteiger partial charge on any atom is -0.494 e. The van der Waals surface area contributed by atoms with E-state index in [1.54, 1.807) is 9.58 Å². The molecular formula is C26H29N5O4. The fourth-order valence-corrected chi connectivity index (χ4v) is 4.92. The van der Waals surface area contributed by atoms with Crippen molar-refractivity contribution >= 4 is 23.2 Å². The lowest BCUT2D eigenvalue weighted by molar-refractivity contribution is -0.117. The minimum absolute atomic E-state index is 0.131. The number of aliphatic hydroxyl groups is 1. The van der Waals surface area contributed by atoms with E-state index >= 15 is 0 Å². The maximum absolute atomic E-state index is 13.8. The third kappa shape index (κ3) is 4.06. The number of fused-ring (bicyclic) bond motifs is 1. The van der Waals surface area contributed by atoms with Crippen molar-refractivity contribution in [2.24, 2.45) is 5.73 Å². The first-order valence-electron chi connectivity index (χ1n) is 11.9. The van der Waals surface area contributed by atoms with Crippen LogP contribution in [0, 0.1) is 6.92 Å². The number of hydrogen-bond acceptors (Lipinski definition) is 6. The second kappa shape index (κ2) is 9.16. The predicted molar refractivity (Wildman–Crippen MR) is 132 cm³/mol. The molecule has 1 atom stereocenters. The van der Waals surface area contributed by atoms with Gasteiger partial charge in [0.25, 0.3) is 5.91 Å². The summed E-state index contributed by atoms with van der Waals surface area (Å²) in [5.41, 5.74) is 10.4. The molecule has 3 heterocycles. The van der Waals surface area contributed by atoms with Gasteiger partial charge >= 0.3 is 0 Å². The zero-order valence-corrected chi connectivity index (χ0v) is 19.9. The van der Waals surface area contributed by atoms with Gasteiger partial charge in [-0.3, -0.25) is 9.59 Å². The first-order valence-corrected chi connectivity index (χ1v) is 11.9. The van der Waals surface area contributed by atoms with E-state index in [0.29, 0.717) is 48.6 Å². The average molecular weight is 476 g/mol. The molecule has 0 aliphatic carbocycles. The molecule has 5 rings (SSSR count). The summed E-state index contributed by atoms with van der Waals surface area (Å²) in [5, 5.41) is 14.7. The van der Waals surface area contributed by atoms with Crippen molar-refractivity contribution in [2.75, 3.05) is 29.5 Å². The molecule has 2 aliphatic rings. The second-order valence-corrected chi connectivity index (χ2v) is 8.82. The molecule has 0 radical (unpaired) electrons. The number of carbonyl (C=O) groups excluding carboxylic acids is 2. The maximum Gasteiger partial charge on any atom is 0.277 e. The van der Waals surface area contributed by atoms with Crippen LogP contribution in [0.2, 0.25) is 0 Å². The number of nitrogens with two attached hydrogens (primary N) is 1. The molecule has 0 saturated carbocycles. The number of aliphatic hydroxyl groups excluding tert-OH is 1. The number of anilines is 2. The standard InChI is InChI=1S/C26H29N5O4/c1-3-35-19-9-6-17(7-10-19)31-24-20(23(28-31)25(27)33)12-14-29(26(24)34)18-8-11-21(16(2)15-18)30-13-4-5-22(30)32/h6-11,15,25,33H,3-5,12-14,27H2,1-2H3. The van der Waals surface area contributed by atoms with Gasteiger partial charge in [-0.15, -0.1) is 0 Å². The number of aromatic nitrogens is 2. The van der Waals surface area contributed by atoms with Crippen LogP contribution in [0.4, 0.5) is 11.4 Å². The normalized spacial score (nSPS) is 16.6. The van der Waals surface area contributed by atoms with E-state index in [1.165, 1.54) is 0 Å². The lowest BCUT2D eigenvalue weighted by Gasteiger charge is -2.29. The highest BCUT2D eigenvalue weighted by Gasteiger charge is 2.34. The van der Waals surface area contributed by atoms with Crippen molar-refractivity contribution in [3.05, 3.63) is 65.0 Å². The minimum atomic E-state index is -1.29. The van der Waals surface area contributed by atoms with Crippen LogP contribution in [0.5, 0.6) is 5.75 Å². The van der Waals surface area contributed by atoms with Gasteiger partial charge in [0, 0.05) is 36.4 Å². The maximum atomic E-state index is 13.8. The van der Waals surface area contributed by atoms with Crippen molar-refractivity contribution in [2.45, 2.75) is 39.3 Å². The molecule has 9 nitrogen and oxygen atoms in total. The summed E-state index contributed by atoms with van der Waals surface area (Å²) < 4.78 is 7.07. The van der Waals surface area contributed by atoms with Crippen molar-refractivity contribution in [3.8, 4) is 11.4 Å². The zero-order chi connectivity index (χ0) is 24.7. The Morgan fingerprint density at radius 3 is 2.43 bits per heavy atom. The number of nitrogens with zero attached hydrogens (tertiary/aromatic N) is 4. The summed E-state index contributed by atoms with van der Waals surface area (Å²) in [7, 11) is 0. The molecule has 2 amide bonds. The van der Waals surface area contributed by atoms with E-state index in [2.05, 4.69) is 5.10 Å². The van der Waals surface area contributed by atoms with Gasteiger partial charge in [-0.1, -0.05) is 0 Å². The van der Waals surface area contributed by atoms with E-state index < -0.39 is 6.23 Å². The zero-order valence-electron chi connectivity index (χ0n) is 19.9. The number of ether oxygens (including phenoxy) is 1. The quantitative estimate of drug-likeness (QED) is 0.530. The van der Waals surface area contributed by atoms with Crippen LogP contribution in [-0.4, -0.2) is 46.4 Å². The van der Waals surface area contributed by atoms with Crippen LogP contribution in [0.3, 0.4) is 0 Å². The summed E-state index contributed by atoms with van der Waals surface area (Å²) in [6, 6.07) is 13.0. The Bertz CT molecular complexity index is 1280. The van der Waals surface area contributed by atoms with E-state index in [0.717, 1.165) is 35.7 Å². The van der Waals surface area contributed by atoms with Gasteiger partial charge in [0.05, 0.1) is 12.3 Å². The van der Waals surface area contributed by atoms with Crippen LogP contribution in [0.25, 0.3) is 5.69 Å². The molecule has 2 aromatic carbocycles. The third-order valence-corrected chi connectivity index (χ3v) is 6.58. The number of amides is 2. The van der Waals surface area contributed by atoms with Gasteiger partial charge in [-0.2, -0.15) is 5.10 Å². The number of carbonyl (C=O) groups is 2. The Kier molecular flexibility index (Phi) is 6.04. The molecule has 3 N–H and O–H groups in total. The lowest BCUT2D eigenvalue weighted by Crippen LogP contribution is -2.39. The van der Waals surface area contributed by atoms with Crippen LogP contribution >= 0.6 is 0 Å². The van der Waals surface area contributed by atoms with Crippen molar-refractivity contribution in [3.63, 3.8) is 0 Å². The molecular weight excluding hydrogens is 446 g/mol. The van der Waals surface area contributed by atoms with Crippen LogP contribution in [-0.2, 0) is 11.2 Å². The number of aryl methyl sites for hydroxylation is 1. The Hall–Kier alpha value is -3.69. The average Bonchev–Trinajstić information content (AvgIpc) is 3.44. The highest BCUT2D eigenvalue weighted by Crippen LogP contribution is 2.33. The Labute approximate surface area is 203 Å². The number of hydrogen-bond donors (Lipinski definition) is 2. The third-order valence-electron chi connectivity index (χ3n) is 6.58. The van der Waals surface area contributed by atoms with Crippen molar-refractivity contribution in [1.29, 1.82) is 0 Å². The summed E-state index contributed by atoms with van der Waals surface area (Å²) in [4.78, 5) is 29.5. The Morgan fingerprint density at radius 1 is 1.06 bits per heavy atom. The highest BCUT2D eigenvalue weighted by molar-refractivity contribution is 6.08. The van der Waals surface area contributed by atoms with Crippen molar-refractivity contribution in [1.82, 2.24) is 9.78 Å². The monoisotopic (exact) mass is 475 g/mol. The fraction of sp³-hybridized carbons (Fsp3) is 0.346. The van der Waals surface area contributed by atoms with E-state index in [-0.39, 0.29) is 11.8 Å². The largest absolute Gasteiger partial charge is 0.494 e. The van der Waals surface area contributed by atoms with E-state index in [4.69, 9.17) is 10.5 Å². The molecule has 0 bridgehead atoms. The smallest absolute Gasteiger partial charge is 0.277 e. The molecule has 9 heteroatoms. The molecule has 0 spiro atoms. The molecule has 1 fully saturated rings. The number of rotatable bonds is 6. The SMILES string of the molecule is CCOc1ccc(-n2nc(C(N)O)c3c2C(=O)N(c2ccc(N4CCCC4=O)c(C)c2)CC3)cc1. The van der Waals surface area contributed by atoms with Crippen LogP contribution in [0.1, 0.15) is 53.3 Å². The van der Waals surface area contributed by atoms with E-state index in [9.17, 15) is 14.7 Å². The van der Waals surface area contributed by atoms with Crippen LogP contribution in [0.15, 0.2) is 42.5 Å². The molecule has 1 saturated heterocycles. The Morgan fingerprint density at radius 2 is 1.80 bits per heavy atom.